The van der Waals surface area contributed by atoms with Gasteiger partial charge in [0.1, 0.15) is 6.10 Å². The molecular formula is C35H67NO4. The van der Waals surface area contributed by atoms with E-state index in [1.54, 1.807) is 6.08 Å². The molecule has 0 fully saturated rings. The molecule has 0 aliphatic heterocycles. The van der Waals surface area contributed by atoms with Gasteiger partial charge in [-0.05, 0) is 32.1 Å². The lowest BCUT2D eigenvalue weighted by Gasteiger charge is -2.21. The molecular weight excluding hydrogens is 498 g/mol. The number of unbranched alkanes of at least 4 members (excludes halogenated alkanes) is 20. The van der Waals surface area contributed by atoms with Crippen molar-refractivity contribution in [1.82, 2.24) is 5.32 Å². The van der Waals surface area contributed by atoms with E-state index in [1.165, 1.54) is 109 Å². The number of carbonyl (C=O) groups is 1. The van der Waals surface area contributed by atoms with Crippen molar-refractivity contribution in [3.63, 3.8) is 0 Å². The maximum atomic E-state index is 12.3. The fourth-order valence-corrected chi connectivity index (χ4v) is 5.02. The van der Waals surface area contributed by atoms with E-state index >= 15 is 0 Å². The monoisotopic (exact) mass is 566 g/mol. The molecule has 0 aromatic carbocycles. The highest BCUT2D eigenvalue weighted by molar-refractivity contribution is 5.80. The van der Waals surface area contributed by atoms with Crippen LogP contribution in [-0.2, 0) is 4.79 Å². The lowest BCUT2D eigenvalue weighted by Crippen LogP contribution is -2.48. The zero-order valence-corrected chi connectivity index (χ0v) is 26.5. The van der Waals surface area contributed by atoms with Gasteiger partial charge in [-0.3, -0.25) is 4.79 Å². The summed E-state index contributed by atoms with van der Waals surface area (Å²) in [6.45, 7) is 4.13. The molecule has 0 saturated carbocycles. The molecule has 0 heterocycles. The standard InChI is InChI=1S/C35H67NO4/c1-3-5-7-9-11-13-15-17-18-20-22-24-26-28-30-34(39)35(40)36-32(31-37)33(38)29-27-25-23-21-19-16-14-12-10-8-6-4-2/h19,21,27,29,32-34,37-39H,3-18,20,22-26,28,30-31H2,1-2H3,(H,36,40)/b21-19+,29-27+. The number of aliphatic hydroxyl groups is 3. The highest BCUT2D eigenvalue weighted by atomic mass is 16.3. The minimum absolute atomic E-state index is 0.374. The van der Waals surface area contributed by atoms with E-state index in [1.807, 2.05) is 6.08 Å². The van der Waals surface area contributed by atoms with Crippen molar-refractivity contribution >= 4 is 5.91 Å². The summed E-state index contributed by atoms with van der Waals surface area (Å²) in [4.78, 5) is 12.3. The van der Waals surface area contributed by atoms with Crippen molar-refractivity contribution in [1.29, 1.82) is 0 Å². The highest BCUT2D eigenvalue weighted by Gasteiger charge is 2.22. The second-order valence-corrected chi connectivity index (χ2v) is 11.7. The molecule has 5 heteroatoms. The van der Waals surface area contributed by atoms with Crippen LogP contribution in [0.2, 0.25) is 0 Å². The van der Waals surface area contributed by atoms with Crippen LogP contribution in [0.25, 0.3) is 0 Å². The largest absolute Gasteiger partial charge is 0.394 e. The topological polar surface area (TPSA) is 89.8 Å². The molecule has 1 amide bonds. The van der Waals surface area contributed by atoms with Crippen LogP contribution >= 0.6 is 0 Å². The van der Waals surface area contributed by atoms with E-state index < -0.39 is 24.2 Å². The molecule has 0 aromatic rings. The minimum atomic E-state index is -1.10. The summed E-state index contributed by atoms with van der Waals surface area (Å²) in [5.74, 6) is -0.515. The number of nitrogens with one attached hydrogen (secondary N) is 1. The molecule has 0 spiro atoms. The lowest BCUT2D eigenvalue weighted by atomic mass is 10.0. The summed E-state index contributed by atoms with van der Waals surface area (Å²) >= 11 is 0. The van der Waals surface area contributed by atoms with Crippen molar-refractivity contribution in [3.8, 4) is 0 Å². The maximum Gasteiger partial charge on any atom is 0.249 e. The van der Waals surface area contributed by atoms with Crippen molar-refractivity contribution in [2.45, 2.75) is 186 Å². The average molecular weight is 566 g/mol. The summed E-state index contributed by atoms with van der Waals surface area (Å²) in [5, 5.41) is 32.8. The van der Waals surface area contributed by atoms with Crippen LogP contribution in [0.1, 0.15) is 168 Å². The van der Waals surface area contributed by atoms with E-state index in [9.17, 15) is 20.1 Å². The second kappa shape index (κ2) is 30.8. The average Bonchev–Trinajstić information content (AvgIpc) is 2.96. The lowest BCUT2D eigenvalue weighted by molar-refractivity contribution is -0.131. The summed E-state index contributed by atoms with van der Waals surface area (Å²) in [5.41, 5.74) is 0. The Hall–Kier alpha value is -1.17. The van der Waals surface area contributed by atoms with Gasteiger partial charge in [0, 0.05) is 0 Å². The van der Waals surface area contributed by atoms with Gasteiger partial charge in [-0.2, -0.15) is 0 Å². The predicted molar refractivity (Wildman–Crippen MR) is 171 cm³/mol. The Morgan fingerprint density at radius 2 is 1.02 bits per heavy atom. The molecule has 0 aliphatic rings. The van der Waals surface area contributed by atoms with E-state index in [4.69, 9.17) is 0 Å². The Morgan fingerprint density at radius 1 is 0.600 bits per heavy atom. The first-order valence-electron chi connectivity index (χ1n) is 17.2. The Labute approximate surface area is 248 Å². The van der Waals surface area contributed by atoms with Crippen molar-refractivity contribution in [2.75, 3.05) is 6.61 Å². The number of carbonyl (C=O) groups excluding carboxylic acids is 1. The molecule has 0 aliphatic carbocycles. The van der Waals surface area contributed by atoms with Crippen LogP contribution in [0.3, 0.4) is 0 Å². The maximum absolute atomic E-state index is 12.3. The third-order valence-electron chi connectivity index (χ3n) is 7.79. The normalized spacial score (nSPS) is 14.2. The highest BCUT2D eigenvalue weighted by Crippen LogP contribution is 2.14. The molecule has 0 bridgehead atoms. The second-order valence-electron chi connectivity index (χ2n) is 11.7. The molecule has 0 saturated heterocycles. The third kappa shape index (κ3) is 25.8. The fourth-order valence-electron chi connectivity index (χ4n) is 5.02. The number of aliphatic hydroxyl groups excluding tert-OH is 3. The Bertz CT molecular complexity index is 592. The van der Waals surface area contributed by atoms with Crippen LogP contribution in [0, 0.1) is 0 Å². The SMILES string of the molecule is CCCCCCCC/C=C/CC/C=C/C(O)C(CO)NC(=O)C(O)CCCCCCCCCCCCCCCC. The van der Waals surface area contributed by atoms with Gasteiger partial charge in [-0.25, -0.2) is 0 Å². The van der Waals surface area contributed by atoms with Gasteiger partial charge in [-0.1, -0.05) is 160 Å². The molecule has 5 nitrogen and oxygen atoms in total. The van der Waals surface area contributed by atoms with Crippen molar-refractivity contribution in [3.05, 3.63) is 24.3 Å². The van der Waals surface area contributed by atoms with Gasteiger partial charge < -0.3 is 20.6 Å². The van der Waals surface area contributed by atoms with Crippen molar-refractivity contribution < 1.29 is 20.1 Å². The summed E-state index contributed by atoms with van der Waals surface area (Å²) < 4.78 is 0. The van der Waals surface area contributed by atoms with Gasteiger partial charge in [0.15, 0.2) is 0 Å². The number of rotatable bonds is 30. The number of allylic oxidation sites excluding steroid dienone is 3. The van der Waals surface area contributed by atoms with E-state index in [0.717, 1.165) is 38.5 Å². The molecule has 3 unspecified atom stereocenters. The van der Waals surface area contributed by atoms with E-state index in [-0.39, 0.29) is 6.61 Å². The first-order valence-corrected chi connectivity index (χ1v) is 17.2. The van der Waals surface area contributed by atoms with Crippen LogP contribution in [-0.4, -0.2) is 46.1 Å². The summed E-state index contributed by atoms with van der Waals surface area (Å²) in [6, 6.07) is -0.807. The number of hydrogen-bond acceptors (Lipinski definition) is 4. The molecule has 40 heavy (non-hydrogen) atoms. The van der Waals surface area contributed by atoms with E-state index in [0.29, 0.717) is 6.42 Å². The predicted octanol–water partition coefficient (Wildman–Crippen LogP) is 8.70. The molecule has 0 radical (unpaired) electrons. The van der Waals surface area contributed by atoms with Crippen molar-refractivity contribution in [2.24, 2.45) is 0 Å². The van der Waals surface area contributed by atoms with Gasteiger partial charge in [-0.15, -0.1) is 0 Å². The molecule has 3 atom stereocenters. The minimum Gasteiger partial charge on any atom is -0.394 e. The summed E-state index contributed by atoms with van der Waals surface area (Å²) in [6.07, 6.45) is 34.7. The molecule has 0 rings (SSSR count). The smallest absolute Gasteiger partial charge is 0.249 e. The first-order chi connectivity index (χ1) is 19.6. The van der Waals surface area contributed by atoms with Crippen LogP contribution < -0.4 is 5.32 Å². The number of hydrogen-bond donors (Lipinski definition) is 4. The van der Waals surface area contributed by atoms with Gasteiger partial charge in [0.2, 0.25) is 5.91 Å². The van der Waals surface area contributed by atoms with Gasteiger partial charge in [0.05, 0.1) is 18.8 Å². The fraction of sp³-hybridized carbons (Fsp3) is 0.857. The Kier molecular flexibility index (Phi) is 29.9. The van der Waals surface area contributed by atoms with Crippen LogP contribution in [0.4, 0.5) is 0 Å². The quantitative estimate of drug-likeness (QED) is 0.0518. The third-order valence-corrected chi connectivity index (χ3v) is 7.79. The molecule has 0 aromatic heterocycles. The first kappa shape index (κ1) is 38.8. The Balaban J connectivity index is 3.81. The molecule has 236 valence electrons. The number of amides is 1. The van der Waals surface area contributed by atoms with Gasteiger partial charge in [0.25, 0.3) is 0 Å². The molecule has 4 N–H and O–H groups in total. The van der Waals surface area contributed by atoms with Crippen LogP contribution in [0.15, 0.2) is 24.3 Å². The zero-order chi connectivity index (χ0) is 29.5. The summed E-state index contributed by atoms with van der Waals surface area (Å²) in [7, 11) is 0. The van der Waals surface area contributed by atoms with E-state index in [2.05, 4.69) is 31.3 Å². The zero-order valence-electron chi connectivity index (χ0n) is 26.5. The van der Waals surface area contributed by atoms with Crippen LogP contribution in [0.5, 0.6) is 0 Å². The Morgan fingerprint density at radius 3 is 1.52 bits per heavy atom. The van der Waals surface area contributed by atoms with Gasteiger partial charge >= 0.3 is 0 Å².